The molecule has 0 aliphatic carbocycles. The molecular formula is C16H27N3O2. The van der Waals surface area contributed by atoms with E-state index < -0.39 is 0 Å². The Morgan fingerprint density at radius 3 is 3.00 bits per heavy atom. The van der Waals surface area contributed by atoms with Crippen LogP contribution in [0.5, 0.6) is 0 Å². The van der Waals surface area contributed by atoms with Gasteiger partial charge in [0.1, 0.15) is 5.82 Å². The lowest BCUT2D eigenvalue weighted by Gasteiger charge is -2.29. The van der Waals surface area contributed by atoms with E-state index >= 15 is 0 Å². The average Bonchev–Trinajstić information content (AvgIpc) is 2.77. The maximum absolute atomic E-state index is 9.58. The van der Waals surface area contributed by atoms with Gasteiger partial charge in [0.15, 0.2) is 0 Å². The lowest BCUT2D eigenvalue weighted by molar-refractivity contribution is 0.199. The molecule has 1 aromatic heterocycles. The normalized spacial score (nSPS) is 19.5. The molecule has 1 aliphatic heterocycles. The first-order valence-electron chi connectivity index (χ1n) is 7.87. The smallest absolute Gasteiger partial charge is 0.128 e. The lowest BCUT2D eigenvalue weighted by Crippen LogP contribution is -2.38. The summed E-state index contributed by atoms with van der Waals surface area (Å²) in [4.78, 5) is 6.84. The SMILES string of the molecule is COCCNCc1ccc(N2CCCCCC2CO)nc1. The average molecular weight is 293 g/mol. The Hall–Kier alpha value is -1.17. The predicted octanol–water partition coefficient (Wildman–Crippen LogP) is 1.56. The molecule has 0 radical (unpaired) electrons. The van der Waals surface area contributed by atoms with Gasteiger partial charge in [-0.15, -0.1) is 0 Å². The first-order valence-corrected chi connectivity index (χ1v) is 7.87. The van der Waals surface area contributed by atoms with Gasteiger partial charge in [0.2, 0.25) is 0 Å². The van der Waals surface area contributed by atoms with Crippen molar-refractivity contribution < 1.29 is 9.84 Å². The van der Waals surface area contributed by atoms with E-state index in [2.05, 4.69) is 27.3 Å². The van der Waals surface area contributed by atoms with Crippen molar-refractivity contribution in [2.24, 2.45) is 0 Å². The van der Waals surface area contributed by atoms with Crippen molar-refractivity contribution in [2.75, 3.05) is 38.3 Å². The maximum Gasteiger partial charge on any atom is 0.128 e. The highest BCUT2D eigenvalue weighted by molar-refractivity contribution is 5.41. The van der Waals surface area contributed by atoms with Gasteiger partial charge < -0.3 is 20.1 Å². The van der Waals surface area contributed by atoms with Crippen LogP contribution in [0, 0.1) is 0 Å². The molecule has 0 saturated carbocycles. The Morgan fingerprint density at radius 2 is 2.29 bits per heavy atom. The number of nitrogens with zero attached hydrogens (tertiary/aromatic N) is 2. The molecule has 2 N–H and O–H groups in total. The van der Waals surface area contributed by atoms with Crippen molar-refractivity contribution in [3.63, 3.8) is 0 Å². The summed E-state index contributed by atoms with van der Waals surface area (Å²) < 4.78 is 5.01. The van der Waals surface area contributed by atoms with Crippen LogP contribution in [0.15, 0.2) is 18.3 Å². The number of hydrogen-bond acceptors (Lipinski definition) is 5. The molecule has 1 saturated heterocycles. The molecule has 2 rings (SSSR count). The Morgan fingerprint density at radius 1 is 1.38 bits per heavy atom. The lowest BCUT2D eigenvalue weighted by atomic mass is 10.1. The zero-order valence-electron chi connectivity index (χ0n) is 12.9. The zero-order chi connectivity index (χ0) is 14.9. The minimum Gasteiger partial charge on any atom is -0.394 e. The summed E-state index contributed by atoms with van der Waals surface area (Å²) in [6.45, 7) is 3.57. The van der Waals surface area contributed by atoms with E-state index in [-0.39, 0.29) is 12.6 Å². The van der Waals surface area contributed by atoms with Crippen molar-refractivity contribution in [1.82, 2.24) is 10.3 Å². The van der Waals surface area contributed by atoms with Crippen LogP contribution >= 0.6 is 0 Å². The Labute approximate surface area is 127 Å². The van der Waals surface area contributed by atoms with Crippen molar-refractivity contribution in [3.8, 4) is 0 Å². The topological polar surface area (TPSA) is 57.6 Å². The second-order valence-electron chi connectivity index (χ2n) is 5.57. The van der Waals surface area contributed by atoms with E-state index in [9.17, 15) is 5.11 Å². The number of pyridine rings is 1. The van der Waals surface area contributed by atoms with Crippen LogP contribution in [0.4, 0.5) is 5.82 Å². The Kier molecular flexibility index (Phi) is 6.92. The quantitative estimate of drug-likeness (QED) is 0.747. The van der Waals surface area contributed by atoms with Gasteiger partial charge in [0.25, 0.3) is 0 Å². The largest absolute Gasteiger partial charge is 0.394 e. The van der Waals surface area contributed by atoms with Crippen LogP contribution in [0.2, 0.25) is 0 Å². The highest BCUT2D eigenvalue weighted by Gasteiger charge is 2.21. The highest BCUT2D eigenvalue weighted by Crippen LogP contribution is 2.22. The third-order valence-electron chi connectivity index (χ3n) is 4.00. The molecule has 0 spiro atoms. The summed E-state index contributed by atoms with van der Waals surface area (Å²) in [6.07, 6.45) is 6.60. The number of aromatic nitrogens is 1. The number of ether oxygens (including phenoxy) is 1. The molecule has 1 aromatic rings. The van der Waals surface area contributed by atoms with Crippen LogP contribution in [0.3, 0.4) is 0 Å². The van der Waals surface area contributed by atoms with Gasteiger partial charge in [0, 0.05) is 32.9 Å². The summed E-state index contributed by atoms with van der Waals surface area (Å²) in [5.74, 6) is 0.983. The number of rotatable bonds is 7. The van der Waals surface area contributed by atoms with Crippen molar-refractivity contribution in [1.29, 1.82) is 0 Å². The van der Waals surface area contributed by atoms with Crippen molar-refractivity contribution >= 4 is 5.82 Å². The summed E-state index contributed by atoms with van der Waals surface area (Å²) in [7, 11) is 1.71. The molecule has 1 unspecified atom stereocenters. The van der Waals surface area contributed by atoms with E-state index in [0.717, 1.165) is 38.5 Å². The molecule has 21 heavy (non-hydrogen) atoms. The van der Waals surface area contributed by atoms with Crippen molar-refractivity contribution in [3.05, 3.63) is 23.9 Å². The number of anilines is 1. The summed E-state index contributed by atoms with van der Waals surface area (Å²) >= 11 is 0. The first kappa shape index (κ1) is 16.2. The van der Waals surface area contributed by atoms with Crippen LogP contribution < -0.4 is 10.2 Å². The van der Waals surface area contributed by atoms with Crippen LogP contribution in [-0.2, 0) is 11.3 Å². The summed E-state index contributed by atoms with van der Waals surface area (Å²) in [5.41, 5.74) is 1.17. The van der Waals surface area contributed by atoms with Gasteiger partial charge in [-0.25, -0.2) is 4.98 Å². The third-order valence-corrected chi connectivity index (χ3v) is 4.00. The minimum absolute atomic E-state index is 0.210. The van der Waals surface area contributed by atoms with Crippen LogP contribution in [-0.4, -0.2) is 49.5 Å². The number of aliphatic hydroxyl groups excluding tert-OH is 1. The van der Waals surface area contributed by atoms with Crippen molar-refractivity contribution in [2.45, 2.75) is 38.3 Å². The van der Waals surface area contributed by atoms with E-state index in [1.807, 2.05) is 6.20 Å². The second-order valence-corrected chi connectivity index (χ2v) is 5.57. The molecule has 2 heterocycles. The summed E-state index contributed by atoms with van der Waals surface area (Å²) in [6, 6.07) is 4.40. The maximum atomic E-state index is 9.58. The molecule has 1 atom stereocenters. The first-order chi connectivity index (χ1) is 10.3. The van der Waals surface area contributed by atoms with E-state index in [1.165, 1.54) is 24.8 Å². The van der Waals surface area contributed by atoms with Gasteiger partial charge in [0.05, 0.1) is 19.3 Å². The zero-order valence-corrected chi connectivity index (χ0v) is 12.9. The molecule has 0 bridgehead atoms. The van der Waals surface area contributed by atoms with Gasteiger partial charge >= 0.3 is 0 Å². The number of nitrogens with one attached hydrogen (secondary N) is 1. The predicted molar refractivity (Wildman–Crippen MR) is 84.5 cm³/mol. The van der Waals surface area contributed by atoms with Gasteiger partial charge in [-0.1, -0.05) is 18.9 Å². The highest BCUT2D eigenvalue weighted by atomic mass is 16.5. The Balaban J connectivity index is 1.93. The van der Waals surface area contributed by atoms with Gasteiger partial charge in [-0.3, -0.25) is 0 Å². The molecule has 1 aliphatic rings. The van der Waals surface area contributed by atoms with E-state index in [0.29, 0.717) is 0 Å². The van der Waals surface area contributed by atoms with Gasteiger partial charge in [-0.05, 0) is 24.5 Å². The van der Waals surface area contributed by atoms with Gasteiger partial charge in [-0.2, -0.15) is 0 Å². The Bertz CT molecular complexity index is 397. The third kappa shape index (κ3) is 4.95. The number of hydrogen-bond donors (Lipinski definition) is 2. The molecule has 5 nitrogen and oxygen atoms in total. The fraction of sp³-hybridized carbons (Fsp3) is 0.688. The molecule has 5 heteroatoms. The van der Waals surface area contributed by atoms with E-state index in [4.69, 9.17) is 4.74 Å². The van der Waals surface area contributed by atoms with E-state index in [1.54, 1.807) is 7.11 Å². The van der Waals surface area contributed by atoms with Crippen LogP contribution in [0.1, 0.15) is 31.2 Å². The monoisotopic (exact) mass is 293 g/mol. The molecule has 0 amide bonds. The second kappa shape index (κ2) is 8.97. The molecule has 0 aromatic carbocycles. The molecule has 118 valence electrons. The summed E-state index contributed by atoms with van der Waals surface area (Å²) in [5, 5.41) is 12.9. The number of aliphatic hydroxyl groups is 1. The molecular weight excluding hydrogens is 266 g/mol. The molecule has 1 fully saturated rings. The fourth-order valence-electron chi connectivity index (χ4n) is 2.77. The fourth-order valence-corrected chi connectivity index (χ4v) is 2.77. The standard InChI is InChI=1S/C16H27N3O2/c1-21-10-8-17-11-14-6-7-16(18-12-14)19-9-4-2-3-5-15(19)13-20/h6-7,12,15,17,20H,2-5,8-11,13H2,1H3. The number of methoxy groups -OCH3 is 1. The minimum atomic E-state index is 0.210. The van der Waals surface area contributed by atoms with Crippen LogP contribution in [0.25, 0.3) is 0 Å².